The lowest BCUT2D eigenvalue weighted by Gasteiger charge is -2.08. The first-order valence-electron chi connectivity index (χ1n) is 3.66. The number of halogens is 1. The number of amides is 1. The van der Waals surface area contributed by atoms with Gasteiger partial charge in [0, 0.05) is 5.02 Å². The van der Waals surface area contributed by atoms with Gasteiger partial charge in [-0.3, -0.25) is 4.79 Å². The molecule has 0 aliphatic rings. The van der Waals surface area contributed by atoms with Gasteiger partial charge in [0.2, 0.25) is 0 Å². The number of primary amides is 1. The van der Waals surface area contributed by atoms with E-state index >= 15 is 0 Å². The highest BCUT2D eigenvalue weighted by molar-refractivity contribution is 7.80. The molecule has 4 nitrogen and oxygen atoms in total. The summed E-state index contributed by atoms with van der Waals surface area (Å²) in [6.07, 6.45) is 0. The van der Waals surface area contributed by atoms with Crippen LogP contribution in [0, 0.1) is 0 Å². The van der Waals surface area contributed by atoms with Crippen LogP contribution in [0.5, 0.6) is 0 Å². The molecule has 0 saturated carbocycles. The average Bonchev–Trinajstić information content (AvgIpc) is 2.07. The molecule has 1 amide bonds. The van der Waals surface area contributed by atoms with Crippen molar-refractivity contribution < 1.29 is 4.79 Å². The molecule has 14 heavy (non-hydrogen) atoms. The fraction of sp³-hybridized carbons (Fsp3) is 0. The number of nitrogens with one attached hydrogen (secondary N) is 1. The average molecular weight is 230 g/mol. The Bertz CT molecular complexity index is 394. The van der Waals surface area contributed by atoms with Crippen LogP contribution in [0.15, 0.2) is 18.2 Å². The standard InChI is InChI=1S/C8H8ClN3OS/c9-4-1-2-6(12-8(11)14)5(3-4)7(10)13/h1-3H,(H2,10,13)(H3,11,12,14). The lowest BCUT2D eigenvalue weighted by molar-refractivity contribution is 0.100. The van der Waals surface area contributed by atoms with Crippen LogP contribution in [0.25, 0.3) is 0 Å². The van der Waals surface area contributed by atoms with Gasteiger partial charge < -0.3 is 16.8 Å². The predicted molar refractivity (Wildman–Crippen MR) is 60.4 cm³/mol. The molecule has 0 aromatic heterocycles. The van der Waals surface area contributed by atoms with Crippen LogP contribution in [-0.2, 0) is 0 Å². The number of carbonyl (C=O) groups excluding carboxylic acids is 1. The van der Waals surface area contributed by atoms with Crippen LogP contribution in [-0.4, -0.2) is 11.0 Å². The van der Waals surface area contributed by atoms with E-state index in [1.54, 1.807) is 12.1 Å². The van der Waals surface area contributed by atoms with Gasteiger partial charge >= 0.3 is 0 Å². The Morgan fingerprint density at radius 1 is 1.43 bits per heavy atom. The molecule has 0 fully saturated rings. The fourth-order valence-corrected chi connectivity index (χ4v) is 1.24. The summed E-state index contributed by atoms with van der Waals surface area (Å²) in [6.45, 7) is 0. The molecule has 0 radical (unpaired) electrons. The summed E-state index contributed by atoms with van der Waals surface area (Å²) in [5, 5.41) is 3.12. The third-order valence-electron chi connectivity index (χ3n) is 1.50. The maximum Gasteiger partial charge on any atom is 0.250 e. The molecule has 1 aromatic carbocycles. The second-order valence-corrected chi connectivity index (χ2v) is 3.42. The molecular weight excluding hydrogens is 222 g/mol. The molecule has 6 heteroatoms. The molecule has 0 aliphatic heterocycles. The Hall–Kier alpha value is -1.33. The normalized spacial score (nSPS) is 9.50. The number of anilines is 1. The topological polar surface area (TPSA) is 81.1 Å². The van der Waals surface area contributed by atoms with Gasteiger partial charge in [0.05, 0.1) is 11.3 Å². The van der Waals surface area contributed by atoms with Crippen LogP contribution < -0.4 is 16.8 Å². The number of carbonyl (C=O) groups is 1. The Balaban J connectivity index is 3.14. The molecule has 0 saturated heterocycles. The quantitative estimate of drug-likeness (QED) is 0.664. The monoisotopic (exact) mass is 229 g/mol. The third kappa shape index (κ3) is 2.58. The molecule has 0 spiro atoms. The van der Waals surface area contributed by atoms with E-state index < -0.39 is 5.91 Å². The fourth-order valence-electron chi connectivity index (χ4n) is 0.962. The largest absolute Gasteiger partial charge is 0.376 e. The predicted octanol–water partition coefficient (Wildman–Crippen LogP) is 1.09. The first kappa shape index (κ1) is 10.7. The summed E-state index contributed by atoms with van der Waals surface area (Å²) in [4.78, 5) is 11.0. The van der Waals surface area contributed by atoms with Crippen molar-refractivity contribution in [1.82, 2.24) is 0 Å². The molecule has 0 bridgehead atoms. The summed E-state index contributed by atoms with van der Waals surface area (Å²) in [6, 6.07) is 4.64. The van der Waals surface area contributed by atoms with Crippen molar-refractivity contribution in [3.63, 3.8) is 0 Å². The van der Waals surface area contributed by atoms with Crippen LogP contribution in [0.4, 0.5) is 5.69 Å². The lowest BCUT2D eigenvalue weighted by atomic mass is 10.1. The zero-order chi connectivity index (χ0) is 10.7. The molecule has 0 heterocycles. The van der Waals surface area contributed by atoms with Gasteiger partial charge in [-0.05, 0) is 30.4 Å². The summed E-state index contributed by atoms with van der Waals surface area (Å²) >= 11 is 10.3. The van der Waals surface area contributed by atoms with Crippen LogP contribution in [0.2, 0.25) is 5.02 Å². The molecule has 0 aliphatic carbocycles. The molecule has 0 atom stereocenters. The van der Waals surface area contributed by atoms with Crippen molar-refractivity contribution in [3.8, 4) is 0 Å². The molecular formula is C8H8ClN3OS. The Morgan fingerprint density at radius 2 is 2.07 bits per heavy atom. The third-order valence-corrected chi connectivity index (χ3v) is 1.84. The molecule has 0 unspecified atom stereocenters. The number of rotatable bonds is 2. The van der Waals surface area contributed by atoms with E-state index in [4.69, 9.17) is 23.1 Å². The van der Waals surface area contributed by atoms with Gasteiger partial charge in [-0.2, -0.15) is 0 Å². The van der Waals surface area contributed by atoms with Gasteiger partial charge in [-0.15, -0.1) is 0 Å². The maximum absolute atomic E-state index is 11.0. The van der Waals surface area contributed by atoms with Crippen molar-refractivity contribution in [3.05, 3.63) is 28.8 Å². The molecule has 1 aromatic rings. The highest BCUT2D eigenvalue weighted by atomic mass is 35.5. The van der Waals surface area contributed by atoms with Crippen molar-refractivity contribution in [1.29, 1.82) is 0 Å². The van der Waals surface area contributed by atoms with Gasteiger partial charge in [-0.25, -0.2) is 0 Å². The summed E-state index contributed by atoms with van der Waals surface area (Å²) in [7, 11) is 0. The van der Waals surface area contributed by atoms with E-state index in [0.717, 1.165) is 0 Å². The van der Waals surface area contributed by atoms with E-state index in [2.05, 4.69) is 17.5 Å². The van der Waals surface area contributed by atoms with E-state index in [0.29, 0.717) is 10.7 Å². The molecule has 1 rings (SSSR count). The van der Waals surface area contributed by atoms with Crippen molar-refractivity contribution in [2.45, 2.75) is 0 Å². The molecule has 74 valence electrons. The summed E-state index contributed by atoms with van der Waals surface area (Å²) < 4.78 is 0. The Labute approximate surface area is 91.2 Å². The zero-order valence-corrected chi connectivity index (χ0v) is 8.65. The van der Waals surface area contributed by atoms with Gasteiger partial charge in [-0.1, -0.05) is 11.6 Å². The minimum atomic E-state index is -0.591. The summed E-state index contributed by atoms with van der Waals surface area (Å²) in [5.41, 5.74) is 11.1. The number of hydrogen-bond acceptors (Lipinski definition) is 2. The van der Waals surface area contributed by atoms with E-state index in [1.807, 2.05) is 0 Å². The highest BCUT2D eigenvalue weighted by Crippen LogP contribution is 2.19. The SMILES string of the molecule is NC(=O)c1cc(Cl)ccc1NC(N)=S. The minimum Gasteiger partial charge on any atom is -0.376 e. The zero-order valence-electron chi connectivity index (χ0n) is 7.08. The summed E-state index contributed by atoms with van der Waals surface area (Å²) in [5.74, 6) is -0.591. The van der Waals surface area contributed by atoms with E-state index in [1.165, 1.54) is 6.07 Å². The Morgan fingerprint density at radius 3 is 2.57 bits per heavy atom. The first-order valence-corrected chi connectivity index (χ1v) is 4.45. The maximum atomic E-state index is 11.0. The lowest BCUT2D eigenvalue weighted by Crippen LogP contribution is -2.22. The van der Waals surface area contributed by atoms with Crippen LogP contribution in [0.1, 0.15) is 10.4 Å². The van der Waals surface area contributed by atoms with Crippen molar-refractivity contribution >= 4 is 40.5 Å². The van der Waals surface area contributed by atoms with Crippen LogP contribution in [0.3, 0.4) is 0 Å². The van der Waals surface area contributed by atoms with Crippen LogP contribution >= 0.6 is 23.8 Å². The smallest absolute Gasteiger partial charge is 0.250 e. The van der Waals surface area contributed by atoms with Gasteiger partial charge in [0.1, 0.15) is 0 Å². The number of benzene rings is 1. The van der Waals surface area contributed by atoms with E-state index in [-0.39, 0.29) is 10.7 Å². The van der Waals surface area contributed by atoms with Crippen molar-refractivity contribution in [2.75, 3.05) is 5.32 Å². The minimum absolute atomic E-state index is 0.0647. The highest BCUT2D eigenvalue weighted by Gasteiger charge is 2.08. The number of hydrogen-bond donors (Lipinski definition) is 3. The van der Waals surface area contributed by atoms with E-state index in [9.17, 15) is 4.79 Å². The number of thiocarbonyl (C=S) groups is 1. The molecule has 5 N–H and O–H groups in total. The second-order valence-electron chi connectivity index (χ2n) is 2.54. The second kappa shape index (κ2) is 4.26. The number of nitrogens with two attached hydrogens (primary N) is 2. The van der Waals surface area contributed by atoms with Gasteiger partial charge in [0.15, 0.2) is 5.11 Å². The van der Waals surface area contributed by atoms with Gasteiger partial charge in [0.25, 0.3) is 5.91 Å². The Kier molecular flexibility index (Phi) is 3.27. The van der Waals surface area contributed by atoms with Crippen molar-refractivity contribution in [2.24, 2.45) is 11.5 Å². The first-order chi connectivity index (χ1) is 6.50.